The molecule has 11 amide bonds. The zero-order valence-electron chi connectivity index (χ0n) is 48.5. The molecule has 0 unspecified atom stereocenters. The predicted molar refractivity (Wildman–Crippen MR) is 297 cm³/mol. The summed E-state index contributed by atoms with van der Waals surface area (Å²) in [4.78, 5) is 180. The van der Waals surface area contributed by atoms with Crippen LogP contribution >= 0.6 is 0 Å². The van der Waals surface area contributed by atoms with E-state index >= 15 is 0 Å². The summed E-state index contributed by atoms with van der Waals surface area (Å²) in [7, 11) is 0. The van der Waals surface area contributed by atoms with Crippen molar-refractivity contribution >= 4 is 82.9 Å². The van der Waals surface area contributed by atoms with Crippen LogP contribution in [-0.2, 0) is 73.5 Å². The normalized spacial score (nSPS) is 14.2. The lowest BCUT2D eigenvalue weighted by atomic mass is 9.96. The summed E-state index contributed by atoms with van der Waals surface area (Å²) in [6, 6.07) is -5.73. The molecule has 470 valence electrons. The number of phenols is 1. The molecule has 0 aromatic heterocycles. The number of benzene rings is 1. The van der Waals surface area contributed by atoms with Crippen molar-refractivity contribution in [1.82, 2.24) is 58.5 Å². The number of aliphatic carboxylic acids is 3. The zero-order chi connectivity index (χ0) is 64.0. The predicted octanol–water partition coefficient (Wildman–Crippen LogP) is -4.28. The number of phenolic OH excluding ortho intramolecular Hbond substituents is 1. The smallest absolute Gasteiger partial charge is 0.322 e. The minimum absolute atomic E-state index is 0.00956. The third kappa shape index (κ3) is 29.0. The summed E-state index contributed by atoms with van der Waals surface area (Å²) in [5, 5.41) is 73.4. The Kier molecular flexibility index (Phi) is 32.9. The van der Waals surface area contributed by atoms with Crippen LogP contribution < -0.4 is 64.2 Å². The Bertz CT molecular complexity index is 2460. The van der Waals surface area contributed by atoms with Crippen LogP contribution in [0.25, 0.3) is 0 Å². The molecule has 0 aliphatic carbocycles. The van der Waals surface area contributed by atoms with E-state index in [2.05, 4.69) is 58.5 Å². The number of rotatable bonds is 39. The minimum atomic E-state index is -1.71. The van der Waals surface area contributed by atoms with Gasteiger partial charge in [0.25, 0.3) is 0 Å². The Labute approximate surface area is 485 Å². The van der Waals surface area contributed by atoms with Crippen molar-refractivity contribution in [3.63, 3.8) is 0 Å². The number of carbonyl (C=O) groups is 14. The molecule has 84 heavy (non-hydrogen) atoms. The highest BCUT2D eigenvalue weighted by Crippen LogP contribution is 2.15. The van der Waals surface area contributed by atoms with E-state index in [1.54, 1.807) is 41.5 Å². The molecule has 1 aromatic rings. The second-order valence-electron chi connectivity index (χ2n) is 21.1. The molecule has 0 radical (unpaired) electrons. The summed E-state index contributed by atoms with van der Waals surface area (Å²) < 4.78 is 0. The number of nitrogens with one attached hydrogen (secondary N) is 11. The first-order valence-corrected chi connectivity index (χ1v) is 27.3. The lowest BCUT2D eigenvalue weighted by molar-refractivity contribution is -0.139. The summed E-state index contributed by atoms with van der Waals surface area (Å²) >= 11 is 0. The van der Waals surface area contributed by atoms with Crippen LogP contribution in [0.2, 0.25) is 0 Å². The van der Waals surface area contributed by atoms with Gasteiger partial charge in [0.2, 0.25) is 65.0 Å². The molecule has 0 saturated carbocycles. The average molecular weight is 1190 g/mol. The number of carboxylic acid groups (broad SMARTS) is 3. The Hall–Kier alpha value is -8.48. The van der Waals surface area contributed by atoms with Crippen LogP contribution in [-0.4, -0.2) is 190 Å². The number of amides is 11. The second-order valence-corrected chi connectivity index (χ2v) is 21.1. The lowest BCUT2D eigenvalue weighted by Gasteiger charge is -2.29. The molecule has 0 heterocycles. The van der Waals surface area contributed by atoms with Gasteiger partial charge in [0.1, 0.15) is 54.6 Å². The van der Waals surface area contributed by atoms with Crippen molar-refractivity contribution in [2.45, 2.75) is 155 Å². The van der Waals surface area contributed by atoms with Crippen LogP contribution in [0.15, 0.2) is 24.3 Å². The second kappa shape index (κ2) is 37.6. The highest BCUT2D eigenvalue weighted by atomic mass is 16.4. The Morgan fingerprint density at radius 2 is 0.893 bits per heavy atom. The van der Waals surface area contributed by atoms with Crippen molar-refractivity contribution in [1.29, 1.82) is 0 Å². The first-order chi connectivity index (χ1) is 39.3. The fraction of sp³-hybridized carbons (Fsp3) is 0.623. The highest BCUT2D eigenvalue weighted by Gasteiger charge is 2.35. The Morgan fingerprint density at radius 3 is 1.39 bits per heavy atom. The maximum atomic E-state index is 14.2. The molecule has 31 nitrogen and oxygen atoms in total. The molecule has 9 atom stereocenters. The van der Waals surface area contributed by atoms with Gasteiger partial charge in [0, 0.05) is 19.3 Å². The molecule has 31 heteroatoms. The number of hydrogen-bond donors (Lipinski definition) is 17. The van der Waals surface area contributed by atoms with Crippen LogP contribution in [0.3, 0.4) is 0 Å². The van der Waals surface area contributed by atoms with Gasteiger partial charge in [-0.3, -0.25) is 67.1 Å². The third-order valence-electron chi connectivity index (χ3n) is 12.6. The molecular weight excluding hydrogens is 1110 g/mol. The molecule has 0 aliphatic heterocycles. The molecular formula is C53H84N12O19. The van der Waals surface area contributed by atoms with E-state index < -0.39 is 195 Å². The average Bonchev–Trinajstić information content (AvgIpc) is 3.64. The van der Waals surface area contributed by atoms with E-state index in [9.17, 15) is 82.4 Å². The largest absolute Gasteiger partial charge is 0.508 e. The molecule has 1 aromatic carbocycles. The number of carboxylic acids is 3. The molecule has 0 fully saturated rings. The molecule has 0 saturated heterocycles. The van der Waals surface area contributed by atoms with Crippen LogP contribution in [0.5, 0.6) is 5.75 Å². The topological polar surface area (TPSA) is 498 Å². The number of carbonyl (C=O) groups excluding carboxylic acids is 11. The van der Waals surface area contributed by atoms with E-state index in [0.29, 0.717) is 5.56 Å². The monoisotopic (exact) mass is 1190 g/mol. The Morgan fingerprint density at radius 1 is 0.452 bits per heavy atom. The number of aromatic hydroxyl groups is 1. The maximum Gasteiger partial charge on any atom is 0.322 e. The fourth-order valence-electron chi connectivity index (χ4n) is 7.77. The third-order valence-corrected chi connectivity index (χ3v) is 12.6. The number of nitrogens with two attached hydrogens (primary N) is 1. The first-order valence-electron chi connectivity index (χ1n) is 27.3. The van der Waals surface area contributed by atoms with Gasteiger partial charge < -0.3 is 89.8 Å². The van der Waals surface area contributed by atoms with E-state index in [1.165, 1.54) is 38.1 Å². The van der Waals surface area contributed by atoms with Crippen LogP contribution in [0.4, 0.5) is 0 Å². The number of hydrogen-bond acceptors (Lipinski definition) is 17. The van der Waals surface area contributed by atoms with Gasteiger partial charge in [-0.1, -0.05) is 73.9 Å². The number of aliphatic hydroxyl groups is 1. The Balaban J connectivity index is 3.25. The van der Waals surface area contributed by atoms with Crippen molar-refractivity contribution < 1.29 is 92.7 Å². The summed E-state index contributed by atoms with van der Waals surface area (Å²) in [5.41, 5.74) is 6.20. The van der Waals surface area contributed by atoms with E-state index in [-0.39, 0.29) is 49.7 Å². The molecule has 0 spiro atoms. The standard InChI is InChI=1S/C53H84N12O19/c1-9-29(8)45(65-51(82)37(25-66)60-40(70)23-58-52(83)44(28(6)7)64-49(80)33(15-17-42(73)74)61-46(77)32(54)14-16-41(71)72)53(84)63-35(19-27(4)5)50(81)62-36(20-30-10-12-31(67)13-11-30)48(79)57-22-39(69)59-34(18-26(2)3)47(78)56-21-38(68)55-24-43(75)76/h10-13,26-29,32-37,44-45,66-67H,9,14-25,54H2,1-8H3,(H,55,68)(H,56,78)(H,57,79)(H,58,83)(H,59,69)(H,60,70)(H,61,77)(H,62,81)(H,63,84)(H,64,80)(H,65,82)(H,71,72)(H,73,74)(H,75,76)/t29-,32-,33-,34-,35-,36-,37-,44-,45-/m0/s1. The van der Waals surface area contributed by atoms with Gasteiger partial charge in [-0.2, -0.15) is 0 Å². The van der Waals surface area contributed by atoms with Gasteiger partial charge in [0.15, 0.2) is 0 Å². The molecule has 1 rings (SSSR count). The van der Waals surface area contributed by atoms with Gasteiger partial charge >= 0.3 is 17.9 Å². The molecule has 0 bridgehead atoms. The summed E-state index contributed by atoms with van der Waals surface area (Å²) in [5.74, 6) is -15.7. The summed E-state index contributed by atoms with van der Waals surface area (Å²) in [6.45, 7) is 9.54. The quantitative estimate of drug-likeness (QED) is 0.0297. The lowest BCUT2D eigenvalue weighted by Crippen LogP contribution is -2.61. The van der Waals surface area contributed by atoms with Crippen molar-refractivity contribution in [2.75, 3.05) is 32.8 Å². The molecule has 18 N–H and O–H groups in total. The summed E-state index contributed by atoms with van der Waals surface area (Å²) in [6.07, 6.45) is -1.64. The zero-order valence-corrected chi connectivity index (χ0v) is 48.5. The molecule has 0 aliphatic rings. The van der Waals surface area contributed by atoms with Crippen LogP contribution in [0.1, 0.15) is 106 Å². The van der Waals surface area contributed by atoms with E-state index in [0.717, 1.165) is 0 Å². The fourth-order valence-corrected chi connectivity index (χ4v) is 7.77. The van der Waals surface area contributed by atoms with E-state index in [1.807, 2.05) is 0 Å². The minimum Gasteiger partial charge on any atom is -0.508 e. The van der Waals surface area contributed by atoms with E-state index in [4.69, 9.17) is 15.9 Å². The van der Waals surface area contributed by atoms with Gasteiger partial charge in [-0.05, 0) is 67.1 Å². The van der Waals surface area contributed by atoms with Gasteiger partial charge in [-0.15, -0.1) is 0 Å². The van der Waals surface area contributed by atoms with Crippen molar-refractivity contribution in [3.05, 3.63) is 29.8 Å². The van der Waals surface area contributed by atoms with Crippen molar-refractivity contribution in [2.24, 2.45) is 29.4 Å². The highest BCUT2D eigenvalue weighted by molar-refractivity contribution is 5.98. The maximum absolute atomic E-state index is 14.2. The van der Waals surface area contributed by atoms with Gasteiger partial charge in [-0.25, -0.2) is 0 Å². The van der Waals surface area contributed by atoms with Crippen molar-refractivity contribution in [3.8, 4) is 5.75 Å². The first kappa shape index (κ1) is 73.5. The van der Waals surface area contributed by atoms with Gasteiger partial charge in [0.05, 0.1) is 32.3 Å². The number of aliphatic hydroxyl groups excluding tert-OH is 1. The SMILES string of the molecule is CC[C@H](C)[C@H](NC(=O)[C@H](CO)NC(=O)CNC(=O)[C@@H](NC(=O)[C@H](CCC(=O)O)NC(=O)[C@@H](N)CCC(=O)O)C(C)C)C(=O)N[C@@H](CC(C)C)C(=O)N[C@@H](Cc1ccc(O)cc1)C(=O)NCC(=O)N[C@@H](CC(C)C)C(=O)NCC(=O)NCC(=O)O. The van der Waals surface area contributed by atoms with Crippen LogP contribution in [0, 0.1) is 23.7 Å².